The molecule has 390 valence electrons. The molecule has 9 rings (SSSR count). The van der Waals surface area contributed by atoms with Crippen LogP contribution < -0.4 is 25.2 Å². The fraction of sp³-hybridized carbons (Fsp3) is 0.385. The van der Waals surface area contributed by atoms with Crippen LogP contribution in [0.4, 0.5) is 17.6 Å². The zero-order valence-corrected chi connectivity index (χ0v) is 43.2. The molecule has 74 heavy (non-hydrogen) atoms. The van der Waals surface area contributed by atoms with Crippen LogP contribution in [-0.2, 0) is 45.1 Å². The Bertz CT molecular complexity index is 3070. The molecular formula is C52H55BClF4N7O8S. The van der Waals surface area contributed by atoms with Crippen LogP contribution in [0, 0.1) is 12.9 Å². The summed E-state index contributed by atoms with van der Waals surface area (Å²) in [5, 5.41) is 4.58. The first-order valence-electron chi connectivity index (χ1n) is 24.0. The summed E-state index contributed by atoms with van der Waals surface area (Å²) in [6.07, 6.45) is -3.46. The summed E-state index contributed by atoms with van der Waals surface area (Å²) in [6.45, 7) is 13.2. The Hall–Kier alpha value is -6.07. The van der Waals surface area contributed by atoms with E-state index in [1.165, 1.54) is 42.1 Å². The number of alkyl halides is 3. The number of para-hydroxylation sites is 1. The maximum absolute atomic E-state index is 14.6. The Balaban J connectivity index is 1.02. The quantitative estimate of drug-likeness (QED) is 0.0467. The van der Waals surface area contributed by atoms with Gasteiger partial charge in [0.2, 0.25) is 5.88 Å². The molecule has 0 spiro atoms. The third-order valence-electron chi connectivity index (χ3n) is 13.5. The Labute approximate surface area is 434 Å². The molecule has 0 unspecified atom stereocenters. The van der Waals surface area contributed by atoms with Crippen molar-refractivity contribution in [2.75, 3.05) is 46.4 Å². The number of aromatic nitrogens is 4. The molecule has 0 radical (unpaired) electrons. The molecule has 0 bridgehead atoms. The number of rotatable bonds is 19. The number of carbonyl (C=O) groups excluding carboxylic acids is 1. The summed E-state index contributed by atoms with van der Waals surface area (Å²) in [4.78, 5) is 35.0. The van der Waals surface area contributed by atoms with Gasteiger partial charge in [0.15, 0.2) is 6.10 Å². The molecule has 0 aliphatic carbocycles. The van der Waals surface area contributed by atoms with Gasteiger partial charge in [-0.3, -0.25) is 19.2 Å². The molecule has 2 aliphatic heterocycles. The number of amides is 1. The summed E-state index contributed by atoms with van der Waals surface area (Å²) in [6, 6.07) is 21.2. The van der Waals surface area contributed by atoms with Gasteiger partial charge >= 0.3 is 13.3 Å². The van der Waals surface area contributed by atoms with Crippen molar-refractivity contribution in [2.45, 2.75) is 84.3 Å². The second kappa shape index (κ2) is 22.0. The van der Waals surface area contributed by atoms with E-state index in [-0.39, 0.29) is 42.7 Å². The van der Waals surface area contributed by atoms with Crippen molar-refractivity contribution in [1.82, 2.24) is 35.0 Å². The predicted molar refractivity (Wildman–Crippen MR) is 272 cm³/mol. The molecule has 4 aromatic heterocycles. The Kier molecular flexibility index (Phi) is 15.7. The normalized spacial score (nSPS) is 16.4. The van der Waals surface area contributed by atoms with E-state index >= 15 is 0 Å². The van der Waals surface area contributed by atoms with Crippen molar-refractivity contribution in [3.05, 3.63) is 125 Å². The highest BCUT2D eigenvalue weighted by Crippen LogP contribution is 2.50. The first kappa shape index (κ1) is 52.8. The summed E-state index contributed by atoms with van der Waals surface area (Å²) in [7, 11) is 1.54. The number of furan rings is 1. The minimum Gasteiger partial charge on any atom is -0.491 e. The lowest BCUT2D eigenvalue weighted by Crippen LogP contribution is -2.45. The van der Waals surface area contributed by atoms with E-state index in [0.29, 0.717) is 54.7 Å². The van der Waals surface area contributed by atoms with E-state index in [1.54, 1.807) is 30.3 Å². The minimum absolute atomic E-state index is 0.00421. The maximum Gasteiger partial charge on any atom is 0.494 e. The number of nitrogens with one attached hydrogen (secondary N) is 1. The number of hydrogen-bond acceptors (Lipinski definition) is 14. The lowest BCUT2D eigenvalue weighted by Gasteiger charge is -2.32. The number of fused-ring (bicyclic) bond motifs is 1. The number of likely N-dealkylation sites (N-methyl/N-ethyl adjacent to an activating group) is 1. The van der Waals surface area contributed by atoms with E-state index in [0.717, 1.165) is 48.4 Å². The number of carbonyl (C=O) groups is 1. The summed E-state index contributed by atoms with van der Waals surface area (Å²) >= 11 is 8.30. The monoisotopic (exact) mass is 1060 g/mol. The lowest BCUT2D eigenvalue weighted by atomic mass is 9.79. The van der Waals surface area contributed by atoms with Crippen LogP contribution in [0.5, 0.6) is 17.4 Å². The van der Waals surface area contributed by atoms with E-state index in [9.17, 15) is 22.4 Å². The predicted octanol–water partition coefficient (Wildman–Crippen LogP) is 9.22. The van der Waals surface area contributed by atoms with Crippen molar-refractivity contribution in [1.29, 1.82) is 0 Å². The highest BCUT2D eigenvalue weighted by Gasteiger charge is 2.51. The molecule has 6 heterocycles. The zero-order chi connectivity index (χ0) is 52.4. The number of hydroxylamine groups is 1. The summed E-state index contributed by atoms with van der Waals surface area (Å²) in [5.41, 5.74) is 5.49. The van der Waals surface area contributed by atoms with Gasteiger partial charge < -0.3 is 32.8 Å². The molecule has 7 aromatic rings. The Morgan fingerprint density at radius 1 is 0.919 bits per heavy atom. The van der Waals surface area contributed by atoms with Crippen molar-refractivity contribution in [3.8, 4) is 39.1 Å². The Morgan fingerprint density at radius 2 is 1.66 bits per heavy atom. The zero-order valence-electron chi connectivity index (χ0n) is 41.6. The first-order chi connectivity index (χ1) is 35.3. The van der Waals surface area contributed by atoms with Gasteiger partial charge in [-0.1, -0.05) is 60.1 Å². The number of piperazine rings is 1. The van der Waals surface area contributed by atoms with Crippen molar-refractivity contribution >= 4 is 51.6 Å². The lowest BCUT2D eigenvalue weighted by molar-refractivity contribution is -0.143. The van der Waals surface area contributed by atoms with Gasteiger partial charge in [-0.2, -0.15) is 22.7 Å². The summed E-state index contributed by atoms with van der Waals surface area (Å²) in [5.74, 6) is 0.271. The second-order valence-corrected chi connectivity index (χ2v) is 20.6. The standard InChI is InChI=1S/C52H55BClF4N7O8S/c1-32-37(15-16-39(45(32)54)67-26-25-64-23-21-63(6)22-24-64)43-44-48(59-31-60-49(44)74-46(43)40-17-18-42(55)70-40)71-41(27-34-9-7-8-10-38(34)68-29-36-19-20-61-65(36)30-52(56,57)58)47(66)62-69-28-33-11-13-35(14-12-33)53-72-50(2,3)51(4,5)73-53/h7-20,31,41H,21-30H2,1-6H3,(H,62,66)/t41-/m1/s1. The minimum atomic E-state index is -4.51. The maximum atomic E-state index is 14.6. The third kappa shape index (κ3) is 12.0. The van der Waals surface area contributed by atoms with E-state index in [4.69, 9.17) is 44.4 Å². The van der Waals surface area contributed by atoms with Crippen LogP contribution in [0.25, 0.3) is 32.0 Å². The molecule has 2 aliphatic rings. The van der Waals surface area contributed by atoms with Crippen LogP contribution in [0.2, 0.25) is 5.02 Å². The highest BCUT2D eigenvalue weighted by atomic mass is 35.5. The molecule has 1 atom stereocenters. The molecule has 0 saturated carbocycles. The van der Waals surface area contributed by atoms with Crippen molar-refractivity contribution in [3.63, 3.8) is 0 Å². The molecule has 2 saturated heterocycles. The second-order valence-electron chi connectivity index (χ2n) is 19.2. The van der Waals surface area contributed by atoms with Gasteiger partial charge in [-0.15, -0.1) is 11.3 Å². The molecular weight excluding hydrogens is 1000 g/mol. The van der Waals surface area contributed by atoms with Crippen LogP contribution >= 0.6 is 22.9 Å². The third-order valence-corrected chi connectivity index (χ3v) is 15.1. The van der Waals surface area contributed by atoms with Crippen LogP contribution in [0.15, 0.2) is 95.8 Å². The summed E-state index contributed by atoms with van der Waals surface area (Å²) < 4.78 is 92.6. The number of thiophene rings is 1. The van der Waals surface area contributed by atoms with E-state index in [1.807, 2.05) is 65.0 Å². The van der Waals surface area contributed by atoms with E-state index in [2.05, 4.69) is 37.4 Å². The molecule has 22 heteroatoms. The van der Waals surface area contributed by atoms with Gasteiger partial charge in [-0.05, 0) is 93.6 Å². The number of halogens is 5. The SMILES string of the molecule is Cc1c(-c2c(-c3ccc(F)o3)sc3ncnc(O[C@H](Cc4ccccc4OCc4ccnn4CC(F)(F)F)C(=O)NOCc4ccc(B5OC(C)(C)C(C)(C)O5)cc4)c23)ccc(OCCN2CCN(C)CC2)c1Cl. The fourth-order valence-corrected chi connectivity index (χ4v) is 9.88. The molecule has 2 fully saturated rings. The fourth-order valence-electron chi connectivity index (χ4n) is 8.55. The molecule has 1 amide bonds. The molecule has 15 nitrogen and oxygen atoms in total. The smallest absolute Gasteiger partial charge is 0.491 e. The topological polar surface area (TPSA) is 148 Å². The van der Waals surface area contributed by atoms with Crippen LogP contribution in [0.1, 0.15) is 50.1 Å². The van der Waals surface area contributed by atoms with Crippen molar-refractivity contribution in [2.24, 2.45) is 0 Å². The number of nitrogens with zero attached hydrogens (tertiary/aromatic N) is 6. The first-order valence-corrected chi connectivity index (χ1v) is 25.2. The number of hydrogen-bond donors (Lipinski definition) is 1. The van der Waals surface area contributed by atoms with Crippen LogP contribution in [0.3, 0.4) is 0 Å². The number of ether oxygens (including phenoxy) is 3. The average Bonchev–Trinajstić information content (AvgIpc) is 4.14. The van der Waals surface area contributed by atoms with E-state index < -0.39 is 49.1 Å². The largest absolute Gasteiger partial charge is 0.494 e. The average molecular weight is 1060 g/mol. The number of benzene rings is 3. The molecule has 1 N–H and O–H groups in total. The van der Waals surface area contributed by atoms with Gasteiger partial charge in [0.05, 0.1) is 38.8 Å². The Morgan fingerprint density at radius 3 is 2.38 bits per heavy atom. The van der Waals surface area contributed by atoms with Gasteiger partial charge in [0.1, 0.15) is 48.2 Å². The van der Waals surface area contributed by atoms with Gasteiger partial charge in [0, 0.05) is 57.0 Å². The van der Waals surface area contributed by atoms with Crippen molar-refractivity contribution < 1.29 is 55.1 Å². The molecule has 3 aromatic carbocycles. The van der Waals surface area contributed by atoms with Gasteiger partial charge in [0.25, 0.3) is 11.9 Å². The highest BCUT2D eigenvalue weighted by molar-refractivity contribution is 7.22. The van der Waals surface area contributed by atoms with Crippen LogP contribution in [-0.4, -0.2) is 112 Å². The van der Waals surface area contributed by atoms with Gasteiger partial charge in [-0.25, -0.2) is 15.4 Å².